The maximum atomic E-state index is 12.5. The molecule has 0 N–H and O–H groups in total. The number of nitrogens with zero attached hydrogens (tertiary/aromatic N) is 3. The van der Waals surface area contributed by atoms with Crippen LogP contribution in [0.15, 0.2) is 18.2 Å². The summed E-state index contributed by atoms with van der Waals surface area (Å²) in [7, 11) is 4.02. The Hall–Kier alpha value is -1.91. The summed E-state index contributed by atoms with van der Waals surface area (Å²) in [6, 6.07) is 6.23. The lowest BCUT2D eigenvalue weighted by Crippen LogP contribution is -2.43. The standard InChI is InChI=1S/C16H25N3O2/c1-5-18(6-2)16(20)19-9-10-21-15-8-7-14(17(3)4)11-13(15)12-19/h7-8,11H,5-6,9-10,12H2,1-4H3. The van der Waals surface area contributed by atoms with E-state index in [0.29, 0.717) is 19.7 Å². The lowest BCUT2D eigenvalue weighted by Gasteiger charge is -2.28. The highest BCUT2D eigenvalue weighted by Gasteiger charge is 2.23. The second kappa shape index (κ2) is 6.70. The highest BCUT2D eigenvalue weighted by atomic mass is 16.5. The molecule has 0 saturated carbocycles. The predicted octanol–water partition coefficient (Wildman–Crippen LogP) is 2.41. The van der Waals surface area contributed by atoms with Gasteiger partial charge in [0.1, 0.15) is 12.4 Å². The van der Waals surface area contributed by atoms with Gasteiger partial charge in [-0.15, -0.1) is 0 Å². The number of carbonyl (C=O) groups is 1. The molecule has 0 aliphatic carbocycles. The molecule has 0 saturated heterocycles. The van der Waals surface area contributed by atoms with E-state index in [1.807, 2.05) is 49.9 Å². The first-order valence-electron chi connectivity index (χ1n) is 7.53. The average molecular weight is 291 g/mol. The number of carbonyl (C=O) groups excluding carboxylic acids is 1. The number of fused-ring (bicyclic) bond motifs is 1. The van der Waals surface area contributed by atoms with Crippen molar-refractivity contribution in [3.63, 3.8) is 0 Å². The van der Waals surface area contributed by atoms with Crippen LogP contribution in [0.3, 0.4) is 0 Å². The molecule has 1 aromatic rings. The van der Waals surface area contributed by atoms with Crippen molar-refractivity contribution in [1.82, 2.24) is 9.80 Å². The van der Waals surface area contributed by atoms with Crippen molar-refractivity contribution in [2.45, 2.75) is 20.4 Å². The van der Waals surface area contributed by atoms with Gasteiger partial charge in [0.25, 0.3) is 0 Å². The second-order valence-corrected chi connectivity index (χ2v) is 5.41. The zero-order chi connectivity index (χ0) is 15.4. The minimum absolute atomic E-state index is 0.0895. The zero-order valence-corrected chi connectivity index (χ0v) is 13.4. The first kappa shape index (κ1) is 15.5. The molecule has 0 fully saturated rings. The largest absolute Gasteiger partial charge is 0.491 e. The maximum Gasteiger partial charge on any atom is 0.320 e. The fraction of sp³-hybridized carbons (Fsp3) is 0.562. The van der Waals surface area contributed by atoms with E-state index in [0.717, 1.165) is 30.1 Å². The van der Waals surface area contributed by atoms with Gasteiger partial charge in [0.2, 0.25) is 0 Å². The third kappa shape index (κ3) is 3.40. The lowest BCUT2D eigenvalue weighted by molar-refractivity contribution is 0.150. The number of benzene rings is 1. The van der Waals surface area contributed by atoms with E-state index < -0.39 is 0 Å². The number of hydrogen-bond acceptors (Lipinski definition) is 3. The number of ether oxygens (including phenoxy) is 1. The molecular formula is C16H25N3O2. The van der Waals surface area contributed by atoms with Crippen LogP contribution in [-0.4, -0.2) is 56.2 Å². The van der Waals surface area contributed by atoms with E-state index in [2.05, 4.69) is 11.0 Å². The normalized spacial score (nSPS) is 14.0. The Morgan fingerprint density at radius 1 is 1.29 bits per heavy atom. The van der Waals surface area contributed by atoms with Gasteiger partial charge in [0.05, 0.1) is 13.1 Å². The Balaban J connectivity index is 2.22. The van der Waals surface area contributed by atoms with E-state index in [-0.39, 0.29) is 6.03 Å². The summed E-state index contributed by atoms with van der Waals surface area (Å²) < 4.78 is 5.78. The van der Waals surface area contributed by atoms with E-state index in [1.165, 1.54) is 0 Å². The Morgan fingerprint density at radius 3 is 2.62 bits per heavy atom. The Bertz CT molecular complexity index is 498. The number of amides is 2. The quantitative estimate of drug-likeness (QED) is 0.858. The summed E-state index contributed by atoms with van der Waals surface area (Å²) in [5, 5.41) is 0. The van der Waals surface area contributed by atoms with Crippen molar-refractivity contribution < 1.29 is 9.53 Å². The third-order valence-electron chi connectivity index (χ3n) is 3.84. The molecule has 0 aromatic heterocycles. The summed E-state index contributed by atoms with van der Waals surface area (Å²) in [6.07, 6.45) is 0. The molecule has 1 aromatic carbocycles. The van der Waals surface area contributed by atoms with Gasteiger partial charge in [-0.2, -0.15) is 0 Å². The van der Waals surface area contributed by atoms with Crippen LogP contribution in [0.1, 0.15) is 19.4 Å². The van der Waals surface area contributed by atoms with Crippen molar-refractivity contribution in [3.8, 4) is 5.75 Å². The topological polar surface area (TPSA) is 36.0 Å². The zero-order valence-electron chi connectivity index (χ0n) is 13.4. The molecule has 0 bridgehead atoms. The lowest BCUT2D eigenvalue weighted by atomic mass is 10.1. The van der Waals surface area contributed by atoms with Crippen LogP contribution < -0.4 is 9.64 Å². The maximum absolute atomic E-state index is 12.5. The molecule has 0 unspecified atom stereocenters. The van der Waals surface area contributed by atoms with Gasteiger partial charge in [0.15, 0.2) is 0 Å². The molecule has 0 radical (unpaired) electrons. The van der Waals surface area contributed by atoms with Crippen LogP contribution in [0.2, 0.25) is 0 Å². The first-order valence-corrected chi connectivity index (χ1v) is 7.53. The molecule has 1 aliphatic heterocycles. The number of anilines is 1. The molecule has 2 amide bonds. The van der Waals surface area contributed by atoms with Crippen LogP contribution in [-0.2, 0) is 6.54 Å². The molecule has 0 atom stereocenters. The van der Waals surface area contributed by atoms with E-state index in [4.69, 9.17) is 4.74 Å². The summed E-state index contributed by atoms with van der Waals surface area (Å²) >= 11 is 0. The van der Waals surface area contributed by atoms with Crippen molar-refractivity contribution in [2.75, 3.05) is 45.2 Å². The molecule has 5 nitrogen and oxygen atoms in total. The van der Waals surface area contributed by atoms with Gasteiger partial charge in [0, 0.05) is 38.4 Å². The van der Waals surface area contributed by atoms with Crippen LogP contribution in [0.4, 0.5) is 10.5 Å². The molecule has 1 heterocycles. The van der Waals surface area contributed by atoms with Gasteiger partial charge in [-0.3, -0.25) is 0 Å². The summed E-state index contributed by atoms with van der Waals surface area (Å²) in [6.45, 7) is 7.26. The Morgan fingerprint density at radius 2 is 2.00 bits per heavy atom. The van der Waals surface area contributed by atoms with Crippen molar-refractivity contribution in [1.29, 1.82) is 0 Å². The first-order chi connectivity index (χ1) is 10.1. The average Bonchev–Trinajstić information content (AvgIpc) is 2.69. The minimum atomic E-state index is 0.0895. The summed E-state index contributed by atoms with van der Waals surface area (Å²) in [4.78, 5) is 18.3. The van der Waals surface area contributed by atoms with Gasteiger partial charge in [-0.1, -0.05) is 0 Å². The molecule has 2 rings (SSSR count). The second-order valence-electron chi connectivity index (χ2n) is 5.41. The fourth-order valence-corrected chi connectivity index (χ4v) is 2.52. The van der Waals surface area contributed by atoms with Gasteiger partial charge in [-0.25, -0.2) is 4.79 Å². The van der Waals surface area contributed by atoms with Crippen LogP contribution in [0.25, 0.3) is 0 Å². The molecule has 1 aliphatic rings. The van der Waals surface area contributed by atoms with Gasteiger partial charge in [-0.05, 0) is 32.0 Å². The Kier molecular flexibility index (Phi) is 4.94. The molecular weight excluding hydrogens is 266 g/mol. The molecule has 116 valence electrons. The molecule has 5 heteroatoms. The van der Waals surface area contributed by atoms with Crippen molar-refractivity contribution in [3.05, 3.63) is 23.8 Å². The van der Waals surface area contributed by atoms with E-state index in [9.17, 15) is 4.79 Å². The highest BCUT2D eigenvalue weighted by molar-refractivity contribution is 5.74. The number of hydrogen-bond donors (Lipinski definition) is 0. The SMILES string of the molecule is CCN(CC)C(=O)N1CCOc2ccc(N(C)C)cc2C1. The third-order valence-corrected chi connectivity index (χ3v) is 3.84. The summed E-state index contributed by atoms with van der Waals surface area (Å²) in [5.41, 5.74) is 2.19. The van der Waals surface area contributed by atoms with Crippen LogP contribution >= 0.6 is 0 Å². The van der Waals surface area contributed by atoms with Crippen molar-refractivity contribution >= 4 is 11.7 Å². The van der Waals surface area contributed by atoms with E-state index >= 15 is 0 Å². The smallest absolute Gasteiger partial charge is 0.320 e. The minimum Gasteiger partial charge on any atom is -0.491 e. The van der Waals surface area contributed by atoms with Gasteiger partial charge >= 0.3 is 6.03 Å². The van der Waals surface area contributed by atoms with Crippen molar-refractivity contribution in [2.24, 2.45) is 0 Å². The summed E-state index contributed by atoms with van der Waals surface area (Å²) in [5.74, 6) is 0.885. The predicted molar refractivity (Wildman–Crippen MR) is 85.0 cm³/mol. The number of rotatable bonds is 3. The molecule has 21 heavy (non-hydrogen) atoms. The Labute approximate surface area is 127 Å². The fourth-order valence-electron chi connectivity index (χ4n) is 2.52. The van der Waals surface area contributed by atoms with E-state index in [1.54, 1.807) is 0 Å². The van der Waals surface area contributed by atoms with Gasteiger partial charge < -0.3 is 19.4 Å². The highest BCUT2D eigenvalue weighted by Crippen LogP contribution is 2.27. The van der Waals surface area contributed by atoms with Crippen LogP contribution in [0, 0.1) is 0 Å². The number of urea groups is 1. The monoisotopic (exact) mass is 291 g/mol. The van der Waals surface area contributed by atoms with Crippen LogP contribution in [0.5, 0.6) is 5.75 Å². The molecule has 0 spiro atoms.